The molecular formula is C14H15N5O. The topological polar surface area (TPSA) is 80.1 Å². The number of nitrogens with zero attached hydrogens (tertiary/aromatic N) is 3. The maximum absolute atomic E-state index is 5.91. The fourth-order valence-electron chi connectivity index (χ4n) is 2.74. The molecule has 4 rings (SSSR count). The zero-order valence-electron chi connectivity index (χ0n) is 11.0. The van der Waals surface area contributed by atoms with Crippen LogP contribution in [0, 0.1) is 0 Å². The summed E-state index contributed by atoms with van der Waals surface area (Å²) in [7, 11) is 0. The lowest BCUT2D eigenvalue weighted by atomic mass is 10.1. The first-order valence-electron chi connectivity index (χ1n) is 6.67. The van der Waals surface area contributed by atoms with Gasteiger partial charge in [-0.1, -0.05) is 0 Å². The average Bonchev–Trinajstić information content (AvgIpc) is 2.86. The molecular weight excluding hydrogens is 254 g/mol. The highest BCUT2D eigenvalue weighted by Crippen LogP contribution is 2.32. The zero-order valence-corrected chi connectivity index (χ0v) is 11.0. The molecule has 1 aliphatic heterocycles. The molecule has 0 unspecified atom stereocenters. The summed E-state index contributed by atoms with van der Waals surface area (Å²) < 4.78 is 5.41. The number of morpholine rings is 1. The third kappa shape index (κ3) is 1.69. The van der Waals surface area contributed by atoms with Gasteiger partial charge >= 0.3 is 0 Å². The number of anilines is 2. The number of benzene rings is 1. The Labute approximate surface area is 115 Å². The Morgan fingerprint density at radius 3 is 2.90 bits per heavy atom. The molecule has 0 bridgehead atoms. The Bertz CT molecular complexity index is 776. The summed E-state index contributed by atoms with van der Waals surface area (Å²) in [5.41, 5.74) is 8.54. The van der Waals surface area contributed by atoms with Crippen LogP contribution in [0.3, 0.4) is 0 Å². The molecule has 6 heteroatoms. The Hall–Kier alpha value is -2.34. The van der Waals surface area contributed by atoms with E-state index in [4.69, 9.17) is 10.5 Å². The number of H-pyrrole nitrogens is 1. The van der Waals surface area contributed by atoms with E-state index in [1.807, 2.05) is 18.2 Å². The second-order valence-corrected chi connectivity index (χ2v) is 4.95. The summed E-state index contributed by atoms with van der Waals surface area (Å²) in [5, 5.41) is 2.11. The highest BCUT2D eigenvalue weighted by Gasteiger charge is 2.18. The molecule has 0 amide bonds. The van der Waals surface area contributed by atoms with Crippen LogP contribution in [-0.2, 0) is 4.74 Å². The first-order chi connectivity index (χ1) is 9.83. The van der Waals surface area contributed by atoms with E-state index in [1.54, 1.807) is 6.33 Å². The first-order valence-corrected chi connectivity index (χ1v) is 6.67. The molecule has 1 aromatic carbocycles. The lowest BCUT2D eigenvalue weighted by Gasteiger charge is -2.28. The Morgan fingerprint density at radius 1 is 1.20 bits per heavy atom. The Balaban J connectivity index is 1.99. The van der Waals surface area contributed by atoms with Gasteiger partial charge in [0, 0.05) is 29.7 Å². The fraction of sp³-hybridized carbons (Fsp3) is 0.286. The van der Waals surface area contributed by atoms with Crippen molar-refractivity contribution in [2.75, 3.05) is 36.9 Å². The Kier molecular flexibility index (Phi) is 2.50. The van der Waals surface area contributed by atoms with Gasteiger partial charge in [-0.05, 0) is 18.2 Å². The van der Waals surface area contributed by atoms with E-state index in [1.165, 1.54) is 0 Å². The van der Waals surface area contributed by atoms with Crippen LogP contribution < -0.4 is 10.6 Å². The van der Waals surface area contributed by atoms with Crippen molar-refractivity contribution < 1.29 is 4.74 Å². The van der Waals surface area contributed by atoms with Crippen molar-refractivity contribution in [2.24, 2.45) is 0 Å². The molecule has 2 aromatic heterocycles. The normalized spacial score (nSPS) is 16.1. The van der Waals surface area contributed by atoms with Crippen molar-refractivity contribution in [3.8, 4) is 0 Å². The van der Waals surface area contributed by atoms with Crippen LogP contribution in [0.25, 0.3) is 21.9 Å². The lowest BCUT2D eigenvalue weighted by molar-refractivity contribution is 0.122. The summed E-state index contributed by atoms with van der Waals surface area (Å²) in [5.74, 6) is 0.954. The summed E-state index contributed by atoms with van der Waals surface area (Å²) in [4.78, 5) is 14.4. The van der Waals surface area contributed by atoms with Crippen molar-refractivity contribution in [3.63, 3.8) is 0 Å². The van der Waals surface area contributed by atoms with Crippen LogP contribution in [0.2, 0.25) is 0 Å². The average molecular weight is 269 g/mol. The van der Waals surface area contributed by atoms with Gasteiger partial charge in [-0.2, -0.15) is 0 Å². The van der Waals surface area contributed by atoms with Gasteiger partial charge in [-0.3, -0.25) is 0 Å². The molecule has 0 saturated carbocycles. The monoisotopic (exact) mass is 269 g/mol. The molecule has 0 radical (unpaired) electrons. The molecule has 1 saturated heterocycles. The van der Waals surface area contributed by atoms with E-state index in [0.29, 0.717) is 0 Å². The van der Waals surface area contributed by atoms with Crippen LogP contribution in [0.4, 0.5) is 11.5 Å². The highest BCUT2D eigenvalue weighted by molar-refractivity contribution is 6.12. The number of rotatable bonds is 1. The zero-order chi connectivity index (χ0) is 13.5. The maximum Gasteiger partial charge on any atom is 0.143 e. The molecule has 6 nitrogen and oxygen atoms in total. The van der Waals surface area contributed by atoms with Gasteiger partial charge in [0.2, 0.25) is 0 Å². The van der Waals surface area contributed by atoms with Crippen LogP contribution in [0.5, 0.6) is 0 Å². The van der Waals surface area contributed by atoms with E-state index in [0.717, 1.165) is 59.7 Å². The molecule has 1 aliphatic rings. The SMILES string of the molecule is Nc1ccc2[nH]c3ncnc(N4CCOCC4)c3c2c1. The minimum Gasteiger partial charge on any atom is -0.399 e. The number of nitrogens with one attached hydrogen (secondary N) is 1. The van der Waals surface area contributed by atoms with Gasteiger partial charge in [0.15, 0.2) is 0 Å². The van der Waals surface area contributed by atoms with E-state index in [-0.39, 0.29) is 0 Å². The lowest BCUT2D eigenvalue weighted by Crippen LogP contribution is -2.36. The fourth-order valence-corrected chi connectivity index (χ4v) is 2.74. The standard InChI is InChI=1S/C14H15N5O/c15-9-1-2-11-10(7-9)12-13(18-11)16-8-17-14(12)19-3-5-20-6-4-19/h1-2,7-8H,3-6,15H2,(H,16,17,18). The quantitative estimate of drug-likeness (QED) is 0.655. The number of nitrogen functional groups attached to an aromatic ring is 1. The van der Waals surface area contributed by atoms with Gasteiger partial charge in [-0.25, -0.2) is 9.97 Å². The van der Waals surface area contributed by atoms with Crippen LogP contribution in [-0.4, -0.2) is 41.3 Å². The van der Waals surface area contributed by atoms with Gasteiger partial charge < -0.3 is 20.4 Å². The summed E-state index contributed by atoms with van der Waals surface area (Å²) in [6.07, 6.45) is 1.60. The largest absolute Gasteiger partial charge is 0.399 e. The van der Waals surface area contributed by atoms with Crippen molar-refractivity contribution in [2.45, 2.75) is 0 Å². The third-order valence-electron chi connectivity index (χ3n) is 3.70. The van der Waals surface area contributed by atoms with Gasteiger partial charge in [0.1, 0.15) is 17.8 Å². The molecule has 0 spiro atoms. The van der Waals surface area contributed by atoms with Crippen LogP contribution in [0.15, 0.2) is 24.5 Å². The van der Waals surface area contributed by atoms with Crippen LogP contribution >= 0.6 is 0 Å². The summed E-state index contributed by atoms with van der Waals surface area (Å²) in [6.45, 7) is 3.16. The molecule has 3 N–H and O–H groups in total. The van der Waals surface area contributed by atoms with Crippen molar-refractivity contribution in [3.05, 3.63) is 24.5 Å². The number of fused-ring (bicyclic) bond motifs is 3. The van der Waals surface area contributed by atoms with E-state index in [2.05, 4.69) is 19.9 Å². The minimum atomic E-state index is 0.732. The smallest absolute Gasteiger partial charge is 0.143 e. The molecule has 3 aromatic rings. The molecule has 102 valence electrons. The number of hydrogen-bond acceptors (Lipinski definition) is 5. The molecule has 3 heterocycles. The van der Waals surface area contributed by atoms with E-state index < -0.39 is 0 Å². The molecule has 1 fully saturated rings. The number of nitrogens with two attached hydrogens (primary N) is 1. The van der Waals surface area contributed by atoms with Gasteiger partial charge in [-0.15, -0.1) is 0 Å². The van der Waals surface area contributed by atoms with Crippen molar-refractivity contribution >= 4 is 33.4 Å². The highest BCUT2D eigenvalue weighted by atomic mass is 16.5. The van der Waals surface area contributed by atoms with E-state index in [9.17, 15) is 0 Å². The Morgan fingerprint density at radius 2 is 2.05 bits per heavy atom. The molecule has 0 aliphatic carbocycles. The number of aromatic amines is 1. The molecule has 20 heavy (non-hydrogen) atoms. The van der Waals surface area contributed by atoms with Crippen molar-refractivity contribution in [1.29, 1.82) is 0 Å². The molecule has 0 atom stereocenters. The second kappa shape index (κ2) is 4.35. The third-order valence-corrected chi connectivity index (χ3v) is 3.70. The van der Waals surface area contributed by atoms with Crippen LogP contribution in [0.1, 0.15) is 0 Å². The number of hydrogen-bond donors (Lipinski definition) is 2. The van der Waals surface area contributed by atoms with Gasteiger partial charge in [0.05, 0.1) is 18.6 Å². The first kappa shape index (κ1) is 11.5. The maximum atomic E-state index is 5.91. The summed E-state index contributed by atoms with van der Waals surface area (Å²) in [6, 6.07) is 5.84. The predicted octanol–water partition coefficient (Wildman–Crippen LogP) is 1.53. The minimum absolute atomic E-state index is 0.732. The van der Waals surface area contributed by atoms with E-state index >= 15 is 0 Å². The van der Waals surface area contributed by atoms with Gasteiger partial charge in [0.25, 0.3) is 0 Å². The second-order valence-electron chi connectivity index (χ2n) is 4.95. The predicted molar refractivity (Wildman–Crippen MR) is 78.8 cm³/mol. The van der Waals surface area contributed by atoms with Crippen molar-refractivity contribution in [1.82, 2.24) is 15.0 Å². The summed E-state index contributed by atoms with van der Waals surface area (Å²) >= 11 is 0. The number of aromatic nitrogens is 3. The number of ether oxygens (including phenoxy) is 1.